The van der Waals surface area contributed by atoms with E-state index in [1.54, 1.807) is 0 Å². The van der Waals surface area contributed by atoms with E-state index < -0.39 is 147 Å². The molecule has 0 radical (unpaired) electrons. The lowest BCUT2D eigenvalue weighted by Crippen LogP contribution is -2.71. The highest BCUT2D eigenvalue weighted by Crippen LogP contribution is 2.38. The van der Waals surface area contributed by atoms with E-state index in [0.717, 1.165) is 26.0 Å². The summed E-state index contributed by atoms with van der Waals surface area (Å²) in [4.78, 5) is 47.5. The van der Waals surface area contributed by atoms with Crippen molar-refractivity contribution in [2.24, 2.45) is 0 Å². The molecule has 0 bridgehead atoms. The summed E-state index contributed by atoms with van der Waals surface area (Å²) < 4.78 is 34.2. The van der Waals surface area contributed by atoms with Crippen molar-refractivity contribution in [2.75, 3.05) is 19.8 Å². The second kappa shape index (κ2) is 18.5. The van der Waals surface area contributed by atoms with Crippen LogP contribution in [0, 0.1) is 10.1 Å². The molecule has 3 aliphatic heterocycles. The Hall–Kier alpha value is -3.73. The lowest BCUT2D eigenvalue weighted by atomic mass is 9.88. The monoisotopic (exact) mass is 795 g/mol. The molecule has 0 aromatic heterocycles. The van der Waals surface area contributed by atoms with Crippen LogP contribution in [-0.2, 0) is 38.1 Å². The number of nitrogens with one attached hydrogen (secondary N) is 2. The fraction of sp³-hybridized carbons (Fsp3) is 0.710. The molecule has 12 N–H and O–H groups in total. The summed E-state index contributed by atoms with van der Waals surface area (Å²) in [5, 5.41) is 121. The third-order valence-electron chi connectivity index (χ3n) is 9.15. The van der Waals surface area contributed by atoms with Crippen molar-refractivity contribution in [2.45, 2.75) is 118 Å². The molecule has 3 heterocycles. The minimum absolute atomic E-state index is 0.0343. The summed E-state index contributed by atoms with van der Waals surface area (Å²) in [5.41, 5.74) is -0.291. The van der Waals surface area contributed by atoms with Gasteiger partial charge in [0.05, 0.1) is 36.9 Å². The molecule has 0 saturated carbocycles. The molecule has 4 rings (SSSR count). The number of non-ortho nitro benzene ring substituents is 1. The first-order chi connectivity index (χ1) is 25.9. The van der Waals surface area contributed by atoms with E-state index in [-0.39, 0.29) is 11.4 Å². The van der Waals surface area contributed by atoms with Crippen molar-refractivity contribution in [1.29, 1.82) is 0 Å². The van der Waals surface area contributed by atoms with Gasteiger partial charge in [0.1, 0.15) is 72.8 Å². The van der Waals surface area contributed by atoms with Crippen molar-refractivity contribution < 1.29 is 98.8 Å². The van der Waals surface area contributed by atoms with Gasteiger partial charge in [-0.1, -0.05) is 0 Å². The van der Waals surface area contributed by atoms with Gasteiger partial charge in [-0.3, -0.25) is 19.7 Å². The van der Waals surface area contributed by atoms with Crippen molar-refractivity contribution in [3.63, 3.8) is 0 Å². The summed E-state index contributed by atoms with van der Waals surface area (Å²) in [6.07, 6.45) is -26.2. The number of aliphatic hydroxyl groups excluding tert-OH is 9. The van der Waals surface area contributed by atoms with Gasteiger partial charge in [0.15, 0.2) is 6.29 Å². The molecule has 24 heteroatoms. The second-order valence-electron chi connectivity index (χ2n) is 13.1. The number of aliphatic carboxylic acids is 1. The predicted molar refractivity (Wildman–Crippen MR) is 173 cm³/mol. The Morgan fingerprint density at radius 1 is 0.891 bits per heavy atom. The molecular weight excluding hydrogens is 750 g/mol. The van der Waals surface area contributed by atoms with Crippen molar-refractivity contribution >= 4 is 23.5 Å². The number of carboxylic acid groups (broad SMARTS) is 1. The number of nitro benzene ring substituents is 1. The number of ether oxygens (including phenoxy) is 6. The zero-order valence-corrected chi connectivity index (χ0v) is 29.2. The lowest BCUT2D eigenvalue weighted by Gasteiger charge is -2.51. The predicted octanol–water partition coefficient (Wildman–Crippen LogP) is -6.08. The number of aliphatic hydroxyl groups is 9. The molecule has 55 heavy (non-hydrogen) atoms. The maximum Gasteiger partial charge on any atom is 0.364 e. The summed E-state index contributed by atoms with van der Waals surface area (Å²) in [6.45, 7) is -0.875. The molecule has 3 aliphatic rings. The van der Waals surface area contributed by atoms with Crippen molar-refractivity contribution in [3.8, 4) is 5.75 Å². The normalized spacial score (nSPS) is 37.6. The molecule has 0 unspecified atom stereocenters. The molecule has 1 aromatic rings. The van der Waals surface area contributed by atoms with Gasteiger partial charge < -0.3 is 90.1 Å². The van der Waals surface area contributed by atoms with Crippen LogP contribution in [-0.4, -0.2) is 191 Å². The van der Waals surface area contributed by atoms with Gasteiger partial charge in [-0.05, 0) is 12.1 Å². The van der Waals surface area contributed by atoms with Gasteiger partial charge in [0.2, 0.25) is 18.1 Å². The van der Waals surface area contributed by atoms with Gasteiger partial charge in [-0.25, -0.2) is 4.79 Å². The number of benzene rings is 1. The highest BCUT2D eigenvalue weighted by Gasteiger charge is 2.60. The summed E-state index contributed by atoms with van der Waals surface area (Å²) in [5.74, 6) is -6.64. The molecule has 24 nitrogen and oxygen atoms in total. The third kappa shape index (κ3) is 9.81. The van der Waals surface area contributed by atoms with Crippen LogP contribution in [0.1, 0.15) is 20.3 Å². The van der Waals surface area contributed by atoms with Crippen LogP contribution < -0.4 is 15.4 Å². The standard InChI is InChI=1S/C31H45N3O21/c1-11(38)32-19-15(40)7-31(30(46)47,54-26(19)21(42)16(41)8-35)55-27-23(44)18(10-37)52-29(24(27)45)53-25-20(33-12(2)39)28(51-17(9-36)22(25)43)50-14-5-3-13(4-6-14)34(48)49/h3-6,15-29,35-37,40-45H,7-10H2,1-2H3,(H,32,38)(H,33,39)(H,46,47)/t15-,16-,17+,18+,19-,20+,21-,22-,23+,24+,25-,26-,27+,28-,29+,31+/m0/s1. The summed E-state index contributed by atoms with van der Waals surface area (Å²) >= 11 is 0. The Kier molecular flexibility index (Phi) is 14.8. The van der Waals surface area contributed by atoms with Gasteiger partial charge in [-0.2, -0.15) is 0 Å². The average molecular weight is 796 g/mol. The lowest BCUT2D eigenvalue weighted by molar-refractivity contribution is -0.384. The number of rotatable bonds is 15. The second-order valence-corrected chi connectivity index (χ2v) is 13.1. The Morgan fingerprint density at radius 2 is 1.44 bits per heavy atom. The summed E-state index contributed by atoms with van der Waals surface area (Å²) in [7, 11) is 0. The van der Waals surface area contributed by atoms with Crippen LogP contribution in [0.4, 0.5) is 5.69 Å². The number of nitrogens with zero attached hydrogens (tertiary/aromatic N) is 1. The van der Waals surface area contributed by atoms with E-state index in [0.29, 0.717) is 0 Å². The van der Waals surface area contributed by atoms with E-state index >= 15 is 0 Å². The summed E-state index contributed by atoms with van der Waals surface area (Å²) in [6, 6.07) is 1.48. The zero-order chi connectivity index (χ0) is 40.9. The smallest absolute Gasteiger partial charge is 0.364 e. The van der Waals surface area contributed by atoms with Crippen LogP contribution >= 0.6 is 0 Å². The zero-order valence-electron chi connectivity index (χ0n) is 29.2. The van der Waals surface area contributed by atoms with Crippen LogP contribution in [0.5, 0.6) is 5.75 Å². The number of carbonyl (C=O) groups excluding carboxylic acids is 2. The van der Waals surface area contributed by atoms with Crippen LogP contribution in [0.2, 0.25) is 0 Å². The molecule has 0 spiro atoms. The van der Waals surface area contributed by atoms with E-state index in [1.807, 2.05) is 0 Å². The fourth-order valence-electron chi connectivity index (χ4n) is 6.43. The van der Waals surface area contributed by atoms with Gasteiger partial charge in [0, 0.05) is 32.4 Å². The average Bonchev–Trinajstić information content (AvgIpc) is 3.13. The Balaban J connectivity index is 1.68. The Bertz CT molecular complexity index is 1490. The van der Waals surface area contributed by atoms with Gasteiger partial charge in [0.25, 0.3) is 11.5 Å². The van der Waals surface area contributed by atoms with Crippen molar-refractivity contribution in [1.82, 2.24) is 10.6 Å². The largest absolute Gasteiger partial charge is 0.477 e. The number of amides is 2. The van der Waals surface area contributed by atoms with E-state index in [4.69, 9.17) is 28.4 Å². The molecule has 1 aromatic carbocycles. The molecule has 16 atom stereocenters. The molecular formula is C31H45N3O21. The minimum atomic E-state index is -3.09. The molecule has 310 valence electrons. The van der Waals surface area contributed by atoms with Gasteiger partial charge >= 0.3 is 5.97 Å². The number of nitro groups is 1. The highest BCUT2D eigenvalue weighted by molar-refractivity contribution is 5.76. The topological polar surface area (TPSA) is 376 Å². The Morgan fingerprint density at radius 3 is 1.95 bits per heavy atom. The third-order valence-corrected chi connectivity index (χ3v) is 9.15. The molecule has 3 saturated heterocycles. The number of hydrogen-bond acceptors (Lipinski definition) is 20. The van der Waals surface area contributed by atoms with Gasteiger partial charge in [-0.15, -0.1) is 0 Å². The maximum absolute atomic E-state index is 12.8. The fourth-order valence-corrected chi connectivity index (χ4v) is 6.43. The quantitative estimate of drug-likeness (QED) is 0.0580. The van der Waals surface area contributed by atoms with Crippen LogP contribution in [0.25, 0.3) is 0 Å². The van der Waals surface area contributed by atoms with Crippen molar-refractivity contribution in [3.05, 3.63) is 34.4 Å². The highest BCUT2D eigenvalue weighted by atomic mass is 16.8. The minimum Gasteiger partial charge on any atom is -0.477 e. The first-order valence-electron chi connectivity index (χ1n) is 16.8. The molecule has 0 aliphatic carbocycles. The van der Waals surface area contributed by atoms with Crippen LogP contribution in [0.3, 0.4) is 0 Å². The molecule has 3 fully saturated rings. The van der Waals surface area contributed by atoms with Crippen LogP contribution in [0.15, 0.2) is 24.3 Å². The number of hydrogen-bond donors (Lipinski definition) is 12. The molecule has 2 amide bonds. The number of carbonyl (C=O) groups is 3. The SMILES string of the molecule is CC(=O)N[C@@H]1[C@@H]([C@@H](O)[C@@H](O)CO)O[C@](O[C@H]2[C@@H](O)[C@@H](O[C@@H]3[C@@H](O)[C@@H](CO)O[C@H](Oc4ccc([N+](=O)[O-])cc4)[C@@H]3NC(C)=O)O[C@H](CO)[C@H]2O)(C(=O)O)C[C@@H]1O. The van der Waals surface area contributed by atoms with E-state index in [9.17, 15) is 75.6 Å². The number of carboxylic acids is 1. The first-order valence-corrected chi connectivity index (χ1v) is 16.8. The van der Waals surface area contributed by atoms with E-state index in [1.165, 1.54) is 12.1 Å². The Labute approximate surface area is 310 Å². The van der Waals surface area contributed by atoms with E-state index in [2.05, 4.69) is 10.6 Å². The maximum atomic E-state index is 12.8. The first kappa shape index (κ1) is 44.0.